The Labute approximate surface area is 87.0 Å². The lowest BCUT2D eigenvalue weighted by molar-refractivity contribution is 0.352. The van der Waals surface area contributed by atoms with Gasteiger partial charge in [-0.15, -0.1) is 0 Å². The SMILES string of the molecule is CC(C)CN(CC(C)C)P(N)(N)=S. The molecule has 0 fully saturated rings. The van der Waals surface area contributed by atoms with E-state index in [4.69, 9.17) is 22.8 Å². The van der Waals surface area contributed by atoms with Crippen LogP contribution in [-0.2, 0) is 11.8 Å². The Morgan fingerprint density at radius 3 is 1.54 bits per heavy atom. The summed E-state index contributed by atoms with van der Waals surface area (Å²) in [6.07, 6.45) is 0. The van der Waals surface area contributed by atoms with Gasteiger partial charge in [0.25, 0.3) is 0 Å². The van der Waals surface area contributed by atoms with Crippen molar-refractivity contribution in [3.05, 3.63) is 0 Å². The summed E-state index contributed by atoms with van der Waals surface area (Å²) in [6.45, 7) is 8.20. The van der Waals surface area contributed by atoms with Crippen LogP contribution in [0, 0.1) is 11.8 Å². The highest BCUT2D eigenvalue weighted by Gasteiger charge is 2.18. The quantitative estimate of drug-likeness (QED) is 0.697. The first-order valence-corrected chi connectivity index (χ1v) is 7.55. The fourth-order valence-corrected chi connectivity index (χ4v) is 2.74. The van der Waals surface area contributed by atoms with Crippen molar-refractivity contribution in [2.45, 2.75) is 27.7 Å². The van der Waals surface area contributed by atoms with Crippen molar-refractivity contribution in [2.24, 2.45) is 22.8 Å². The molecule has 0 saturated carbocycles. The number of hydrogen-bond donors (Lipinski definition) is 2. The summed E-state index contributed by atoms with van der Waals surface area (Å²) in [5, 5.41) is 0. The van der Waals surface area contributed by atoms with Gasteiger partial charge in [-0.25, -0.2) is 0 Å². The number of rotatable bonds is 5. The summed E-state index contributed by atoms with van der Waals surface area (Å²) < 4.78 is 2.07. The summed E-state index contributed by atoms with van der Waals surface area (Å²) in [7, 11) is 0. The van der Waals surface area contributed by atoms with Gasteiger partial charge in [0.1, 0.15) is 6.49 Å². The van der Waals surface area contributed by atoms with E-state index in [1.165, 1.54) is 0 Å². The van der Waals surface area contributed by atoms with Gasteiger partial charge in [0, 0.05) is 13.1 Å². The summed E-state index contributed by atoms with van der Waals surface area (Å²) in [5.41, 5.74) is 11.6. The normalized spacial score (nSPS) is 13.3. The molecule has 0 aromatic rings. The Morgan fingerprint density at radius 1 is 1.08 bits per heavy atom. The molecule has 13 heavy (non-hydrogen) atoms. The lowest BCUT2D eigenvalue weighted by atomic mass is 10.2. The Kier molecular flexibility index (Phi) is 5.64. The maximum absolute atomic E-state index is 5.81. The predicted octanol–water partition coefficient (Wildman–Crippen LogP) is 1.74. The molecule has 0 unspecified atom stereocenters. The Hall–Kier alpha value is 0.530. The standard InChI is InChI=1S/C8H22N3PS/c1-7(2)5-11(6-8(3)4)12(9,10)13/h7-8H,5-6H2,1-4H3,(H4,9,10,13). The third-order valence-corrected chi connectivity index (χ3v) is 3.50. The molecule has 0 saturated heterocycles. The second-order valence-electron chi connectivity index (χ2n) is 4.33. The van der Waals surface area contributed by atoms with Crippen molar-refractivity contribution in [1.82, 2.24) is 4.67 Å². The molecule has 5 heteroatoms. The van der Waals surface area contributed by atoms with Gasteiger partial charge < -0.3 is 0 Å². The Morgan fingerprint density at radius 2 is 1.38 bits per heavy atom. The first kappa shape index (κ1) is 13.5. The molecular formula is C8H22N3PS. The Balaban J connectivity index is 4.29. The molecule has 3 nitrogen and oxygen atoms in total. The maximum atomic E-state index is 5.81. The Bertz CT molecular complexity index is 178. The van der Waals surface area contributed by atoms with Gasteiger partial charge in [-0.1, -0.05) is 27.7 Å². The zero-order valence-electron chi connectivity index (χ0n) is 9.03. The van der Waals surface area contributed by atoms with Crippen molar-refractivity contribution in [1.29, 1.82) is 0 Å². The zero-order chi connectivity index (χ0) is 10.6. The summed E-state index contributed by atoms with van der Waals surface area (Å²) >= 11 is 5.14. The average Bonchev–Trinajstić information content (AvgIpc) is 1.81. The lowest BCUT2D eigenvalue weighted by Gasteiger charge is -2.31. The van der Waals surface area contributed by atoms with Crippen LogP contribution in [0.4, 0.5) is 0 Å². The van der Waals surface area contributed by atoms with E-state index in [2.05, 4.69) is 32.4 Å². The van der Waals surface area contributed by atoms with Gasteiger partial charge in [0.2, 0.25) is 0 Å². The highest BCUT2D eigenvalue weighted by Crippen LogP contribution is 2.33. The van der Waals surface area contributed by atoms with Crippen LogP contribution in [0.25, 0.3) is 0 Å². The van der Waals surface area contributed by atoms with Gasteiger partial charge in [0.15, 0.2) is 0 Å². The molecule has 0 aromatic carbocycles. The minimum Gasteiger partial charge on any atom is -0.279 e. The third-order valence-electron chi connectivity index (χ3n) is 1.59. The van der Waals surface area contributed by atoms with Crippen LogP contribution < -0.4 is 11.0 Å². The number of nitrogens with two attached hydrogens (primary N) is 2. The molecule has 0 aliphatic heterocycles. The second-order valence-corrected chi connectivity index (χ2v) is 8.00. The molecule has 0 spiro atoms. The molecule has 0 bridgehead atoms. The summed E-state index contributed by atoms with van der Waals surface area (Å²) in [6, 6.07) is 0. The molecule has 0 aliphatic rings. The summed E-state index contributed by atoms with van der Waals surface area (Å²) in [5.74, 6) is 1.13. The minimum absolute atomic E-state index is 0.563. The van der Waals surface area contributed by atoms with Crippen molar-refractivity contribution < 1.29 is 0 Å². The highest BCUT2D eigenvalue weighted by atomic mass is 32.4. The summed E-state index contributed by atoms with van der Waals surface area (Å²) in [4.78, 5) is 0. The van der Waals surface area contributed by atoms with Crippen molar-refractivity contribution in [3.8, 4) is 0 Å². The molecule has 0 atom stereocenters. The molecule has 0 heterocycles. The largest absolute Gasteiger partial charge is 0.279 e. The number of hydrogen-bond acceptors (Lipinski definition) is 1. The van der Waals surface area contributed by atoms with Gasteiger partial charge in [0.05, 0.1) is 0 Å². The minimum atomic E-state index is -2.22. The zero-order valence-corrected chi connectivity index (χ0v) is 10.7. The lowest BCUT2D eigenvalue weighted by Crippen LogP contribution is -2.34. The molecule has 0 radical (unpaired) electrons. The van der Waals surface area contributed by atoms with Crippen LogP contribution in [-0.4, -0.2) is 17.8 Å². The highest BCUT2D eigenvalue weighted by molar-refractivity contribution is 8.11. The second kappa shape index (κ2) is 5.42. The van der Waals surface area contributed by atoms with E-state index in [1.54, 1.807) is 0 Å². The molecule has 0 rings (SSSR count). The fourth-order valence-electron chi connectivity index (χ4n) is 1.17. The first-order valence-electron chi connectivity index (χ1n) is 4.66. The third kappa shape index (κ3) is 6.58. The predicted molar refractivity (Wildman–Crippen MR) is 63.9 cm³/mol. The van der Waals surface area contributed by atoms with E-state index in [-0.39, 0.29) is 0 Å². The number of nitrogens with zero attached hydrogens (tertiary/aromatic N) is 1. The maximum Gasteiger partial charge on any atom is 0.135 e. The van der Waals surface area contributed by atoms with Crippen molar-refractivity contribution >= 4 is 18.3 Å². The smallest absolute Gasteiger partial charge is 0.135 e. The topological polar surface area (TPSA) is 55.3 Å². The fraction of sp³-hybridized carbons (Fsp3) is 1.00. The van der Waals surface area contributed by atoms with E-state index < -0.39 is 6.49 Å². The van der Waals surface area contributed by atoms with Gasteiger partial charge in [-0.05, 0) is 23.6 Å². The van der Waals surface area contributed by atoms with E-state index >= 15 is 0 Å². The van der Waals surface area contributed by atoms with Gasteiger partial charge in [-0.3, -0.25) is 15.7 Å². The van der Waals surface area contributed by atoms with Gasteiger partial charge >= 0.3 is 0 Å². The van der Waals surface area contributed by atoms with Crippen LogP contribution in [0.2, 0.25) is 0 Å². The van der Waals surface area contributed by atoms with E-state index in [0.717, 1.165) is 13.1 Å². The monoisotopic (exact) mass is 223 g/mol. The van der Waals surface area contributed by atoms with Crippen molar-refractivity contribution in [3.63, 3.8) is 0 Å². The molecule has 0 amide bonds. The van der Waals surface area contributed by atoms with Crippen LogP contribution in [0.3, 0.4) is 0 Å². The van der Waals surface area contributed by atoms with Crippen molar-refractivity contribution in [2.75, 3.05) is 13.1 Å². The van der Waals surface area contributed by atoms with E-state index in [9.17, 15) is 0 Å². The molecule has 0 aromatic heterocycles. The molecule has 0 aliphatic carbocycles. The van der Waals surface area contributed by atoms with Gasteiger partial charge in [-0.2, -0.15) is 0 Å². The molecular weight excluding hydrogens is 201 g/mol. The molecule has 4 N–H and O–H groups in total. The van der Waals surface area contributed by atoms with E-state index in [0.29, 0.717) is 11.8 Å². The first-order chi connectivity index (χ1) is 5.73. The van der Waals surface area contributed by atoms with Crippen LogP contribution in [0.15, 0.2) is 0 Å². The van der Waals surface area contributed by atoms with E-state index in [1.807, 2.05) is 0 Å². The van der Waals surface area contributed by atoms with Crippen LogP contribution >= 0.6 is 6.49 Å². The van der Waals surface area contributed by atoms with Crippen LogP contribution in [0.5, 0.6) is 0 Å². The molecule has 80 valence electrons. The van der Waals surface area contributed by atoms with Crippen LogP contribution in [0.1, 0.15) is 27.7 Å². The average molecular weight is 223 g/mol.